The molecule has 1 aromatic rings. The molecule has 1 fully saturated rings. The van der Waals surface area contributed by atoms with Crippen molar-refractivity contribution in [2.24, 2.45) is 5.92 Å². The van der Waals surface area contributed by atoms with Crippen LogP contribution in [0.1, 0.15) is 39.5 Å². The molecule has 0 aromatic heterocycles. The van der Waals surface area contributed by atoms with Crippen LogP contribution in [0.3, 0.4) is 0 Å². The highest BCUT2D eigenvalue weighted by atomic mass is 32.2. The van der Waals surface area contributed by atoms with E-state index in [9.17, 15) is 18.0 Å². The molecule has 2 rings (SSSR count). The standard InChI is InChI=1S/C18H26N2O5S/c1-3-20(4-2)26(23,24)16-11-9-15(10-12-16)19-17(21)13-25-18(22)14-7-5-6-8-14/h9-12,14H,3-8,13H2,1-2H3,(H,19,21). The molecular weight excluding hydrogens is 356 g/mol. The zero-order chi connectivity index (χ0) is 19.2. The molecule has 0 unspecified atom stereocenters. The summed E-state index contributed by atoms with van der Waals surface area (Å²) >= 11 is 0. The number of nitrogens with zero attached hydrogens (tertiary/aromatic N) is 1. The summed E-state index contributed by atoms with van der Waals surface area (Å²) in [7, 11) is -3.53. The maximum Gasteiger partial charge on any atom is 0.309 e. The van der Waals surface area contributed by atoms with E-state index in [0.717, 1.165) is 25.7 Å². The van der Waals surface area contributed by atoms with Gasteiger partial charge in [-0.15, -0.1) is 0 Å². The van der Waals surface area contributed by atoms with E-state index >= 15 is 0 Å². The Bertz CT molecular complexity index is 720. The molecule has 0 saturated heterocycles. The molecule has 0 aliphatic heterocycles. The van der Waals surface area contributed by atoms with Crippen LogP contribution in [-0.4, -0.2) is 44.3 Å². The number of benzene rings is 1. The van der Waals surface area contributed by atoms with Gasteiger partial charge in [0, 0.05) is 18.8 Å². The molecule has 0 heterocycles. The molecule has 0 spiro atoms. The van der Waals surface area contributed by atoms with Gasteiger partial charge in [0.25, 0.3) is 5.91 Å². The molecule has 0 atom stereocenters. The normalized spacial score (nSPS) is 15.2. The van der Waals surface area contributed by atoms with Crippen LogP contribution in [0, 0.1) is 5.92 Å². The third-order valence-corrected chi connectivity index (χ3v) is 6.58. The Morgan fingerprint density at radius 3 is 2.23 bits per heavy atom. The molecule has 1 aromatic carbocycles. The molecule has 1 N–H and O–H groups in total. The lowest BCUT2D eigenvalue weighted by molar-refractivity contribution is -0.151. The first-order valence-electron chi connectivity index (χ1n) is 8.95. The first-order valence-corrected chi connectivity index (χ1v) is 10.4. The summed E-state index contributed by atoms with van der Waals surface area (Å²) in [6.45, 7) is 4.01. The summed E-state index contributed by atoms with van der Waals surface area (Å²) < 4.78 is 31.2. The first kappa shape index (κ1) is 20.4. The molecule has 0 bridgehead atoms. The number of carbonyl (C=O) groups excluding carboxylic acids is 2. The van der Waals surface area contributed by atoms with Crippen molar-refractivity contribution in [2.45, 2.75) is 44.4 Å². The predicted molar refractivity (Wildman–Crippen MR) is 98.1 cm³/mol. The predicted octanol–water partition coefficient (Wildman–Crippen LogP) is 2.39. The minimum absolute atomic E-state index is 0.0904. The number of hydrogen-bond donors (Lipinski definition) is 1. The Morgan fingerprint density at radius 1 is 1.12 bits per heavy atom. The van der Waals surface area contributed by atoms with Gasteiger partial charge in [0.15, 0.2) is 6.61 Å². The summed E-state index contributed by atoms with van der Waals surface area (Å²) in [5.41, 5.74) is 0.449. The van der Waals surface area contributed by atoms with Crippen LogP contribution >= 0.6 is 0 Å². The number of anilines is 1. The van der Waals surface area contributed by atoms with Crippen LogP contribution in [0.5, 0.6) is 0 Å². The molecule has 1 saturated carbocycles. The minimum Gasteiger partial charge on any atom is -0.455 e. The third kappa shape index (κ3) is 5.04. The van der Waals surface area contributed by atoms with Gasteiger partial charge in [-0.2, -0.15) is 4.31 Å². The zero-order valence-electron chi connectivity index (χ0n) is 15.2. The Kier molecular flexibility index (Phi) is 7.16. The van der Waals surface area contributed by atoms with E-state index in [1.54, 1.807) is 13.8 Å². The zero-order valence-corrected chi connectivity index (χ0v) is 16.0. The van der Waals surface area contributed by atoms with Gasteiger partial charge < -0.3 is 10.1 Å². The van der Waals surface area contributed by atoms with Crippen LogP contribution in [0.25, 0.3) is 0 Å². The Labute approximate surface area is 154 Å². The van der Waals surface area contributed by atoms with E-state index in [2.05, 4.69) is 5.32 Å². The summed E-state index contributed by atoms with van der Waals surface area (Å²) in [4.78, 5) is 23.9. The van der Waals surface area contributed by atoms with Crippen LogP contribution < -0.4 is 5.32 Å². The van der Waals surface area contributed by atoms with Gasteiger partial charge in [0.1, 0.15) is 0 Å². The van der Waals surface area contributed by atoms with Crippen LogP contribution in [0.4, 0.5) is 5.69 Å². The van der Waals surface area contributed by atoms with Gasteiger partial charge in [-0.3, -0.25) is 9.59 Å². The summed E-state index contributed by atoms with van der Waals surface area (Å²) in [6.07, 6.45) is 3.69. The van der Waals surface area contributed by atoms with Crippen molar-refractivity contribution in [1.29, 1.82) is 0 Å². The van der Waals surface area contributed by atoms with E-state index in [4.69, 9.17) is 4.74 Å². The van der Waals surface area contributed by atoms with E-state index in [1.165, 1.54) is 28.6 Å². The molecule has 144 valence electrons. The van der Waals surface area contributed by atoms with Crippen molar-refractivity contribution in [1.82, 2.24) is 4.31 Å². The lowest BCUT2D eigenvalue weighted by Gasteiger charge is -2.18. The number of ether oxygens (including phenoxy) is 1. The van der Waals surface area contributed by atoms with Crippen molar-refractivity contribution in [3.05, 3.63) is 24.3 Å². The van der Waals surface area contributed by atoms with Crippen molar-refractivity contribution in [3.8, 4) is 0 Å². The van der Waals surface area contributed by atoms with Gasteiger partial charge in [-0.05, 0) is 37.1 Å². The second-order valence-corrected chi connectivity index (χ2v) is 8.19. The number of nitrogens with one attached hydrogen (secondary N) is 1. The highest BCUT2D eigenvalue weighted by molar-refractivity contribution is 7.89. The molecule has 1 amide bonds. The van der Waals surface area contributed by atoms with Crippen LogP contribution in [-0.2, 0) is 24.3 Å². The first-order chi connectivity index (χ1) is 12.4. The fourth-order valence-corrected chi connectivity index (χ4v) is 4.49. The maximum absolute atomic E-state index is 12.4. The van der Waals surface area contributed by atoms with Gasteiger partial charge in [-0.25, -0.2) is 8.42 Å². The van der Waals surface area contributed by atoms with Crippen molar-refractivity contribution in [3.63, 3.8) is 0 Å². The number of carbonyl (C=O) groups is 2. The number of hydrogen-bond acceptors (Lipinski definition) is 5. The van der Waals surface area contributed by atoms with E-state index < -0.39 is 15.9 Å². The Morgan fingerprint density at radius 2 is 1.69 bits per heavy atom. The molecule has 8 heteroatoms. The average Bonchev–Trinajstić information content (AvgIpc) is 3.16. The molecule has 26 heavy (non-hydrogen) atoms. The lowest BCUT2D eigenvalue weighted by atomic mass is 10.1. The molecule has 1 aliphatic carbocycles. The largest absolute Gasteiger partial charge is 0.455 e. The SMILES string of the molecule is CCN(CC)S(=O)(=O)c1ccc(NC(=O)COC(=O)C2CCCC2)cc1. The molecular formula is C18H26N2O5S. The average molecular weight is 382 g/mol. The fraction of sp³-hybridized carbons (Fsp3) is 0.556. The number of rotatable bonds is 8. The van der Waals surface area contributed by atoms with E-state index in [0.29, 0.717) is 18.8 Å². The van der Waals surface area contributed by atoms with Gasteiger partial charge in [-0.1, -0.05) is 26.7 Å². The summed E-state index contributed by atoms with van der Waals surface area (Å²) in [5, 5.41) is 2.60. The third-order valence-electron chi connectivity index (χ3n) is 4.52. The molecule has 7 nitrogen and oxygen atoms in total. The van der Waals surface area contributed by atoms with Gasteiger partial charge >= 0.3 is 5.97 Å². The minimum atomic E-state index is -3.53. The molecule has 0 radical (unpaired) electrons. The van der Waals surface area contributed by atoms with Crippen molar-refractivity contribution < 1.29 is 22.7 Å². The van der Waals surface area contributed by atoms with Crippen LogP contribution in [0.15, 0.2) is 29.2 Å². The monoisotopic (exact) mass is 382 g/mol. The van der Waals surface area contributed by atoms with E-state index in [-0.39, 0.29) is 23.4 Å². The maximum atomic E-state index is 12.4. The number of amides is 1. The molecule has 1 aliphatic rings. The number of esters is 1. The topological polar surface area (TPSA) is 92.8 Å². The second-order valence-electron chi connectivity index (χ2n) is 6.25. The highest BCUT2D eigenvalue weighted by Gasteiger charge is 2.25. The fourth-order valence-electron chi connectivity index (χ4n) is 3.04. The van der Waals surface area contributed by atoms with Crippen molar-refractivity contribution in [2.75, 3.05) is 25.0 Å². The van der Waals surface area contributed by atoms with Crippen molar-refractivity contribution >= 4 is 27.6 Å². The Hall–Kier alpha value is -1.93. The Balaban J connectivity index is 1.90. The smallest absolute Gasteiger partial charge is 0.309 e. The summed E-state index contributed by atoms with van der Waals surface area (Å²) in [6, 6.07) is 5.95. The second kappa shape index (κ2) is 9.14. The summed E-state index contributed by atoms with van der Waals surface area (Å²) in [5.74, 6) is -0.860. The van der Waals surface area contributed by atoms with E-state index in [1.807, 2.05) is 0 Å². The van der Waals surface area contributed by atoms with Gasteiger partial charge in [0.2, 0.25) is 10.0 Å². The van der Waals surface area contributed by atoms with Gasteiger partial charge in [0.05, 0.1) is 10.8 Å². The number of sulfonamides is 1. The lowest BCUT2D eigenvalue weighted by Crippen LogP contribution is -2.30. The highest BCUT2D eigenvalue weighted by Crippen LogP contribution is 2.25. The quantitative estimate of drug-likeness (QED) is 0.697. The van der Waals surface area contributed by atoms with Crippen LogP contribution in [0.2, 0.25) is 0 Å².